The summed E-state index contributed by atoms with van der Waals surface area (Å²) in [6.07, 6.45) is 5.29. The first kappa shape index (κ1) is 23.4. The molecule has 1 N–H and O–H groups in total. The number of nitrogens with one attached hydrogen (secondary N) is 1. The summed E-state index contributed by atoms with van der Waals surface area (Å²) < 4.78 is 0. The lowest BCUT2D eigenvalue weighted by Gasteiger charge is -2.45. The Labute approximate surface area is 215 Å². The maximum Gasteiger partial charge on any atom is 0.228 e. The lowest BCUT2D eigenvalue weighted by Crippen LogP contribution is -2.50. The summed E-state index contributed by atoms with van der Waals surface area (Å²) in [7, 11) is 0. The number of hydrogen-bond acceptors (Lipinski definition) is 3. The molecule has 0 unspecified atom stereocenters. The third-order valence-electron chi connectivity index (χ3n) is 9.07. The van der Waals surface area contributed by atoms with Crippen molar-refractivity contribution in [2.75, 3.05) is 19.6 Å². The summed E-state index contributed by atoms with van der Waals surface area (Å²) in [6, 6.07) is 23.9. The second-order valence-corrected chi connectivity index (χ2v) is 11.2. The van der Waals surface area contributed by atoms with Crippen LogP contribution in [0, 0.1) is 19.8 Å². The average Bonchev–Trinajstić information content (AvgIpc) is 3.32. The van der Waals surface area contributed by atoms with E-state index in [4.69, 9.17) is 4.98 Å². The Kier molecular flexibility index (Phi) is 6.17. The maximum atomic E-state index is 14.6. The summed E-state index contributed by atoms with van der Waals surface area (Å²) in [5.74, 6) is 0.758. The first-order chi connectivity index (χ1) is 17.6. The van der Waals surface area contributed by atoms with Gasteiger partial charge in [-0.15, -0.1) is 0 Å². The van der Waals surface area contributed by atoms with Gasteiger partial charge in [0.1, 0.15) is 0 Å². The number of pyridine rings is 1. The molecule has 0 bridgehead atoms. The highest BCUT2D eigenvalue weighted by Gasteiger charge is 2.52. The van der Waals surface area contributed by atoms with Crippen LogP contribution in [0.15, 0.2) is 66.7 Å². The fourth-order valence-electron chi connectivity index (χ4n) is 7.56. The van der Waals surface area contributed by atoms with Gasteiger partial charge in [-0.05, 0) is 80.2 Å². The van der Waals surface area contributed by atoms with E-state index in [0.29, 0.717) is 11.8 Å². The van der Waals surface area contributed by atoms with Crippen LogP contribution in [0.1, 0.15) is 71.3 Å². The minimum atomic E-state index is -0.146. The van der Waals surface area contributed by atoms with E-state index in [1.54, 1.807) is 0 Å². The molecule has 6 rings (SSSR count). The molecule has 4 heteroatoms. The molecule has 3 aromatic rings. The molecule has 1 spiro atoms. The minimum absolute atomic E-state index is 0.0424. The molecular formula is C32H37N3O. The molecule has 4 nitrogen and oxygen atoms in total. The summed E-state index contributed by atoms with van der Waals surface area (Å²) in [6.45, 7) is 6.68. The van der Waals surface area contributed by atoms with Gasteiger partial charge in [0.25, 0.3) is 0 Å². The highest BCUT2D eigenvalue weighted by Crippen LogP contribution is 2.48. The summed E-state index contributed by atoms with van der Waals surface area (Å²) in [5.41, 5.74) is 7.48. The number of piperidine rings is 1. The molecule has 2 aliphatic heterocycles. The second-order valence-electron chi connectivity index (χ2n) is 11.2. The number of fused-ring (bicyclic) bond motifs is 2. The van der Waals surface area contributed by atoms with Gasteiger partial charge in [-0.3, -0.25) is 9.78 Å². The van der Waals surface area contributed by atoms with Gasteiger partial charge in [0.2, 0.25) is 5.91 Å². The number of aromatic nitrogens is 1. The van der Waals surface area contributed by atoms with Crippen LogP contribution in [-0.2, 0) is 16.6 Å². The number of amides is 1. The predicted molar refractivity (Wildman–Crippen MR) is 144 cm³/mol. The molecule has 3 aliphatic rings. The van der Waals surface area contributed by atoms with Crippen molar-refractivity contribution in [3.05, 3.63) is 100 Å². The van der Waals surface area contributed by atoms with E-state index in [0.717, 1.165) is 63.1 Å². The van der Waals surface area contributed by atoms with Gasteiger partial charge in [-0.2, -0.15) is 0 Å². The van der Waals surface area contributed by atoms with Crippen molar-refractivity contribution in [1.29, 1.82) is 0 Å². The fourth-order valence-corrected chi connectivity index (χ4v) is 7.56. The van der Waals surface area contributed by atoms with E-state index < -0.39 is 0 Å². The zero-order valence-electron chi connectivity index (χ0n) is 21.5. The van der Waals surface area contributed by atoms with Crippen molar-refractivity contribution in [2.24, 2.45) is 5.92 Å². The van der Waals surface area contributed by atoms with Gasteiger partial charge in [0, 0.05) is 36.4 Å². The topological polar surface area (TPSA) is 45.2 Å². The van der Waals surface area contributed by atoms with Crippen molar-refractivity contribution in [1.82, 2.24) is 15.2 Å². The Bertz CT molecular complexity index is 1240. The van der Waals surface area contributed by atoms with Gasteiger partial charge in [-0.1, -0.05) is 60.7 Å². The van der Waals surface area contributed by atoms with Gasteiger partial charge < -0.3 is 10.2 Å². The number of carbonyl (C=O) groups is 1. The van der Waals surface area contributed by atoms with Crippen LogP contribution < -0.4 is 5.32 Å². The van der Waals surface area contributed by atoms with Gasteiger partial charge in [0.05, 0.1) is 12.0 Å². The van der Waals surface area contributed by atoms with Crippen LogP contribution in [-0.4, -0.2) is 35.4 Å². The number of nitrogens with zero attached hydrogens (tertiary/aromatic N) is 2. The van der Waals surface area contributed by atoms with E-state index >= 15 is 0 Å². The number of carbonyl (C=O) groups excluding carboxylic acids is 1. The Morgan fingerprint density at radius 3 is 2.50 bits per heavy atom. The smallest absolute Gasteiger partial charge is 0.228 e. The zero-order chi connectivity index (χ0) is 24.7. The first-order valence-electron chi connectivity index (χ1n) is 13.7. The average molecular weight is 480 g/mol. The zero-order valence-corrected chi connectivity index (χ0v) is 21.5. The molecule has 2 saturated heterocycles. The Hall–Kier alpha value is -2.98. The highest BCUT2D eigenvalue weighted by molar-refractivity contribution is 5.82. The third kappa shape index (κ3) is 3.96. The van der Waals surface area contributed by atoms with Crippen molar-refractivity contribution < 1.29 is 4.79 Å². The van der Waals surface area contributed by atoms with Crippen LogP contribution in [0.2, 0.25) is 0 Å². The Morgan fingerprint density at radius 1 is 1.03 bits per heavy atom. The largest absolute Gasteiger partial charge is 0.335 e. The fraction of sp³-hybridized carbons (Fsp3) is 0.438. The molecule has 0 radical (unpaired) electrons. The highest BCUT2D eigenvalue weighted by atomic mass is 16.2. The second kappa shape index (κ2) is 9.48. The summed E-state index contributed by atoms with van der Waals surface area (Å²) in [4.78, 5) is 21.7. The normalized spacial score (nSPS) is 27.7. The number of hydrogen-bond donors (Lipinski definition) is 1. The van der Waals surface area contributed by atoms with E-state index in [1.807, 2.05) is 0 Å². The quantitative estimate of drug-likeness (QED) is 0.529. The van der Waals surface area contributed by atoms with E-state index in [9.17, 15) is 4.79 Å². The number of benzene rings is 2. The van der Waals surface area contributed by atoms with Crippen molar-refractivity contribution >= 4 is 5.91 Å². The van der Waals surface area contributed by atoms with Gasteiger partial charge in [0.15, 0.2) is 0 Å². The SMILES string of the molecule is Cc1cc2c(c(C)n1)[C@]1(CCC2)CNC[C@H]1C(=O)N1CC[C@@H](c2ccccc2)C[C@H]1c1ccccc1. The molecule has 4 atom stereocenters. The van der Waals surface area contributed by atoms with E-state index in [-0.39, 0.29) is 17.4 Å². The molecule has 2 aromatic carbocycles. The lowest BCUT2D eigenvalue weighted by molar-refractivity contribution is -0.141. The summed E-state index contributed by atoms with van der Waals surface area (Å²) >= 11 is 0. The molecule has 3 heterocycles. The number of rotatable bonds is 3. The van der Waals surface area contributed by atoms with Crippen molar-refractivity contribution in [2.45, 2.75) is 63.3 Å². The van der Waals surface area contributed by atoms with Crippen LogP contribution in [0.3, 0.4) is 0 Å². The third-order valence-corrected chi connectivity index (χ3v) is 9.07. The molecule has 1 aromatic heterocycles. The minimum Gasteiger partial charge on any atom is -0.335 e. The molecule has 2 fully saturated rings. The maximum absolute atomic E-state index is 14.6. The molecule has 0 saturated carbocycles. The van der Waals surface area contributed by atoms with E-state index in [2.05, 4.69) is 90.8 Å². The molecule has 36 heavy (non-hydrogen) atoms. The van der Waals surface area contributed by atoms with Gasteiger partial charge in [-0.25, -0.2) is 0 Å². The van der Waals surface area contributed by atoms with Crippen LogP contribution in [0.25, 0.3) is 0 Å². The summed E-state index contributed by atoms with van der Waals surface area (Å²) in [5, 5.41) is 3.65. The Morgan fingerprint density at radius 2 is 1.75 bits per heavy atom. The molecule has 1 aliphatic carbocycles. The van der Waals surface area contributed by atoms with E-state index in [1.165, 1.54) is 22.3 Å². The first-order valence-corrected chi connectivity index (χ1v) is 13.7. The molecule has 1 amide bonds. The standard InChI is InChI=1S/C32H37N3O/c1-22-18-27-14-9-16-32(30(27)23(2)34-22)21-33-20-28(32)31(36)35-17-15-26(24-10-5-3-6-11-24)19-29(35)25-12-7-4-8-13-25/h3-8,10-13,18,26,28-29,33H,9,14-17,19-21H2,1-2H3/t26-,28+,29+,32-/m1/s1. The van der Waals surface area contributed by atoms with Crippen LogP contribution in [0.4, 0.5) is 0 Å². The van der Waals surface area contributed by atoms with Crippen LogP contribution in [0.5, 0.6) is 0 Å². The molecule has 186 valence electrons. The van der Waals surface area contributed by atoms with Crippen molar-refractivity contribution in [3.63, 3.8) is 0 Å². The lowest BCUT2D eigenvalue weighted by atomic mass is 9.63. The monoisotopic (exact) mass is 479 g/mol. The van der Waals surface area contributed by atoms with Crippen LogP contribution >= 0.6 is 0 Å². The van der Waals surface area contributed by atoms with Gasteiger partial charge >= 0.3 is 0 Å². The van der Waals surface area contributed by atoms with Crippen molar-refractivity contribution in [3.8, 4) is 0 Å². The predicted octanol–water partition coefficient (Wildman–Crippen LogP) is 5.64. The number of aryl methyl sites for hydroxylation is 3. The molecular weight excluding hydrogens is 442 g/mol. The number of likely N-dealkylation sites (tertiary alicyclic amines) is 1. The Balaban J connectivity index is 1.36.